The quantitative estimate of drug-likeness (QED) is 0.533. The van der Waals surface area contributed by atoms with Crippen molar-refractivity contribution >= 4 is 11.9 Å². The van der Waals surface area contributed by atoms with Gasteiger partial charge in [0, 0.05) is 6.42 Å². The van der Waals surface area contributed by atoms with Crippen LogP contribution >= 0.6 is 0 Å². The molecule has 0 saturated heterocycles. The fourth-order valence-corrected chi connectivity index (χ4v) is 0.857. The van der Waals surface area contributed by atoms with Crippen LogP contribution in [-0.4, -0.2) is 34.7 Å². The van der Waals surface area contributed by atoms with Gasteiger partial charge in [-0.25, -0.2) is 0 Å². The molecular formula is C10H17NO4. The number of carboxylic acids is 1. The first-order chi connectivity index (χ1) is 7.06. The molecule has 0 aromatic carbocycles. The second-order valence-electron chi connectivity index (χ2n) is 3.14. The predicted octanol–water partition coefficient (Wildman–Crippen LogP) is 0.294. The summed E-state index contributed by atoms with van der Waals surface area (Å²) in [5.41, 5.74) is 0. The minimum absolute atomic E-state index is 0.143. The molecule has 0 aromatic heterocycles. The molecule has 1 amide bonds. The molecule has 0 rings (SSSR count). The van der Waals surface area contributed by atoms with E-state index in [9.17, 15) is 9.59 Å². The number of amides is 1. The van der Waals surface area contributed by atoms with Crippen LogP contribution in [0.25, 0.3) is 0 Å². The number of aliphatic hydroxyl groups excluding tert-OH is 1. The number of hydrogen-bond acceptors (Lipinski definition) is 3. The van der Waals surface area contributed by atoms with E-state index in [1.807, 2.05) is 6.92 Å². The summed E-state index contributed by atoms with van der Waals surface area (Å²) in [6.07, 6.45) is 4.30. The van der Waals surface area contributed by atoms with Gasteiger partial charge in [0.15, 0.2) is 0 Å². The Morgan fingerprint density at radius 3 is 2.60 bits per heavy atom. The highest BCUT2D eigenvalue weighted by molar-refractivity contribution is 5.81. The molecule has 0 saturated carbocycles. The normalized spacial score (nSPS) is 12.7. The highest BCUT2D eigenvalue weighted by Gasteiger charge is 2.01. The van der Waals surface area contributed by atoms with E-state index in [2.05, 4.69) is 5.32 Å². The second kappa shape index (κ2) is 7.99. The molecule has 0 radical (unpaired) electrons. The maximum Gasteiger partial charge on any atom is 0.322 e. The first-order valence-electron chi connectivity index (χ1n) is 4.87. The summed E-state index contributed by atoms with van der Waals surface area (Å²) in [6, 6.07) is 0. The summed E-state index contributed by atoms with van der Waals surface area (Å²) >= 11 is 0. The Balaban J connectivity index is 3.57. The van der Waals surface area contributed by atoms with E-state index < -0.39 is 5.97 Å². The van der Waals surface area contributed by atoms with E-state index in [1.165, 1.54) is 0 Å². The van der Waals surface area contributed by atoms with Gasteiger partial charge in [-0.1, -0.05) is 19.1 Å². The Bertz CT molecular complexity index is 238. The average molecular weight is 215 g/mol. The van der Waals surface area contributed by atoms with Gasteiger partial charge in [-0.05, 0) is 12.8 Å². The van der Waals surface area contributed by atoms with Crippen LogP contribution in [0.15, 0.2) is 12.2 Å². The topological polar surface area (TPSA) is 86.6 Å². The molecule has 0 aliphatic heterocycles. The summed E-state index contributed by atoms with van der Waals surface area (Å²) in [5.74, 6) is -1.40. The van der Waals surface area contributed by atoms with Crippen LogP contribution in [-0.2, 0) is 9.59 Å². The van der Waals surface area contributed by atoms with Crippen LogP contribution in [0.5, 0.6) is 0 Å². The van der Waals surface area contributed by atoms with Crippen molar-refractivity contribution in [2.24, 2.45) is 0 Å². The van der Waals surface area contributed by atoms with Gasteiger partial charge in [-0.2, -0.15) is 0 Å². The lowest BCUT2D eigenvalue weighted by Gasteiger charge is -2.02. The largest absolute Gasteiger partial charge is 0.480 e. The summed E-state index contributed by atoms with van der Waals surface area (Å²) in [4.78, 5) is 21.1. The number of nitrogens with one attached hydrogen (secondary N) is 1. The van der Waals surface area contributed by atoms with Crippen molar-refractivity contribution < 1.29 is 19.8 Å². The zero-order valence-electron chi connectivity index (χ0n) is 8.77. The van der Waals surface area contributed by atoms with Gasteiger partial charge in [0.2, 0.25) is 5.91 Å². The number of hydrogen-bond donors (Lipinski definition) is 3. The molecule has 86 valence electrons. The molecule has 0 aliphatic carbocycles. The van der Waals surface area contributed by atoms with E-state index in [0.29, 0.717) is 12.8 Å². The van der Waals surface area contributed by atoms with Crippen LogP contribution in [0.1, 0.15) is 26.2 Å². The molecule has 0 aromatic rings. The van der Waals surface area contributed by atoms with Gasteiger partial charge in [-0.3, -0.25) is 9.59 Å². The Morgan fingerprint density at radius 2 is 2.07 bits per heavy atom. The van der Waals surface area contributed by atoms with E-state index in [1.54, 1.807) is 12.2 Å². The molecule has 5 nitrogen and oxygen atoms in total. The average Bonchev–Trinajstić information content (AvgIpc) is 2.21. The molecule has 0 aliphatic rings. The molecule has 0 fully saturated rings. The molecule has 0 bridgehead atoms. The highest BCUT2D eigenvalue weighted by Crippen LogP contribution is 1.98. The third-order valence-electron chi connectivity index (χ3n) is 1.79. The second-order valence-corrected chi connectivity index (χ2v) is 3.14. The van der Waals surface area contributed by atoms with E-state index in [-0.39, 0.29) is 25.0 Å². The van der Waals surface area contributed by atoms with Crippen molar-refractivity contribution in [3.8, 4) is 0 Å². The van der Waals surface area contributed by atoms with E-state index >= 15 is 0 Å². The molecule has 15 heavy (non-hydrogen) atoms. The lowest BCUT2D eigenvalue weighted by molar-refractivity contribution is -0.137. The number of carbonyl (C=O) groups is 2. The number of carbonyl (C=O) groups excluding carboxylic acids is 1. The van der Waals surface area contributed by atoms with Gasteiger partial charge in [0.25, 0.3) is 0 Å². The molecule has 1 atom stereocenters. The third kappa shape index (κ3) is 8.96. The van der Waals surface area contributed by atoms with Crippen molar-refractivity contribution in [1.82, 2.24) is 5.32 Å². The third-order valence-corrected chi connectivity index (χ3v) is 1.79. The van der Waals surface area contributed by atoms with Gasteiger partial charge in [-0.15, -0.1) is 0 Å². The Hall–Kier alpha value is -1.36. The fourth-order valence-electron chi connectivity index (χ4n) is 0.857. The van der Waals surface area contributed by atoms with Crippen LogP contribution in [0.2, 0.25) is 0 Å². The van der Waals surface area contributed by atoms with Crippen LogP contribution in [0.4, 0.5) is 0 Å². The van der Waals surface area contributed by atoms with Gasteiger partial charge in [0.05, 0.1) is 6.10 Å². The van der Waals surface area contributed by atoms with Crippen molar-refractivity contribution in [1.29, 1.82) is 0 Å². The number of aliphatic carboxylic acids is 1. The maximum absolute atomic E-state index is 11.0. The Labute approximate surface area is 88.8 Å². The lowest BCUT2D eigenvalue weighted by Crippen LogP contribution is -2.28. The predicted molar refractivity (Wildman–Crippen MR) is 55.3 cm³/mol. The SMILES string of the molecule is CCC(O)C/C=C/CC(=O)NCC(=O)O. The zero-order valence-corrected chi connectivity index (χ0v) is 8.77. The summed E-state index contributed by atoms with van der Waals surface area (Å²) in [6.45, 7) is 1.52. The maximum atomic E-state index is 11.0. The molecular weight excluding hydrogens is 198 g/mol. The number of aliphatic hydroxyl groups is 1. The van der Waals surface area contributed by atoms with Crippen molar-refractivity contribution in [2.45, 2.75) is 32.3 Å². The highest BCUT2D eigenvalue weighted by atomic mass is 16.4. The van der Waals surface area contributed by atoms with E-state index in [4.69, 9.17) is 10.2 Å². The van der Waals surface area contributed by atoms with Crippen LogP contribution < -0.4 is 5.32 Å². The van der Waals surface area contributed by atoms with Crippen molar-refractivity contribution in [3.05, 3.63) is 12.2 Å². The monoisotopic (exact) mass is 215 g/mol. The lowest BCUT2D eigenvalue weighted by atomic mass is 10.2. The summed E-state index contributed by atoms with van der Waals surface area (Å²) in [7, 11) is 0. The first kappa shape index (κ1) is 13.6. The summed E-state index contributed by atoms with van der Waals surface area (Å²) in [5, 5.41) is 19.7. The van der Waals surface area contributed by atoms with Gasteiger partial charge >= 0.3 is 5.97 Å². The summed E-state index contributed by atoms with van der Waals surface area (Å²) < 4.78 is 0. The van der Waals surface area contributed by atoms with Crippen LogP contribution in [0, 0.1) is 0 Å². The van der Waals surface area contributed by atoms with Gasteiger partial charge < -0.3 is 15.5 Å². The minimum Gasteiger partial charge on any atom is -0.480 e. The molecule has 3 N–H and O–H groups in total. The molecule has 0 heterocycles. The van der Waals surface area contributed by atoms with Gasteiger partial charge in [0.1, 0.15) is 6.54 Å². The Morgan fingerprint density at radius 1 is 1.40 bits per heavy atom. The van der Waals surface area contributed by atoms with Crippen molar-refractivity contribution in [3.63, 3.8) is 0 Å². The van der Waals surface area contributed by atoms with Crippen molar-refractivity contribution in [2.75, 3.05) is 6.54 Å². The zero-order chi connectivity index (χ0) is 11.7. The number of carboxylic acid groups (broad SMARTS) is 1. The van der Waals surface area contributed by atoms with E-state index in [0.717, 1.165) is 0 Å². The standard InChI is InChI=1S/C10H17NO4/c1-2-8(12)5-3-4-6-9(13)11-7-10(14)15/h3-4,8,12H,2,5-7H2,1H3,(H,11,13)(H,14,15)/b4-3+. The minimum atomic E-state index is -1.06. The first-order valence-corrected chi connectivity index (χ1v) is 4.87. The molecule has 1 unspecified atom stereocenters. The fraction of sp³-hybridized carbons (Fsp3) is 0.600. The Kier molecular flexibility index (Phi) is 7.27. The smallest absolute Gasteiger partial charge is 0.322 e. The molecule has 5 heteroatoms. The number of rotatable bonds is 7. The van der Waals surface area contributed by atoms with Crippen LogP contribution in [0.3, 0.4) is 0 Å². The molecule has 0 spiro atoms.